The van der Waals surface area contributed by atoms with E-state index in [1.165, 1.54) is 12.1 Å². The van der Waals surface area contributed by atoms with Gasteiger partial charge in [-0.25, -0.2) is 9.59 Å². The van der Waals surface area contributed by atoms with E-state index in [1.54, 1.807) is 30.3 Å². The maximum Gasteiger partial charge on any atom is 0.336 e. The molecule has 0 amide bonds. The topological polar surface area (TPSA) is 56.5 Å². The Hall–Kier alpha value is -3.37. The van der Waals surface area contributed by atoms with Gasteiger partial charge in [0.1, 0.15) is 12.2 Å². The first-order chi connectivity index (χ1) is 13.6. The highest BCUT2D eigenvalue weighted by molar-refractivity contribution is 6.30. The minimum atomic E-state index is -0.512. The Balaban J connectivity index is 1.62. The van der Waals surface area contributed by atoms with Crippen molar-refractivity contribution in [2.24, 2.45) is 0 Å². The number of esters is 1. The van der Waals surface area contributed by atoms with Crippen molar-refractivity contribution in [3.05, 3.63) is 99.4 Å². The van der Waals surface area contributed by atoms with Crippen LogP contribution in [0.25, 0.3) is 27.8 Å². The summed E-state index contributed by atoms with van der Waals surface area (Å²) >= 11 is 5.93. The van der Waals surface area contributed by atoms with Gasteiger partial charge in [0.15, 0.2) is 0 Å². The van der Waals surface area contributed by atoms with Gasteiger partial charge in [-0.1, -0.05) is 54.1 Å². The Morgan fingerprint density at radius 2 is 1.89 bits per heavy atom. The lowest BCUT2D eigenvalue weighted by Gasteiger charge is -2.08. The number of carbonyl (C=O) groups is 1. The van der Waals surface area contributed by atoms with Crippen molar-refractivity contribution >= 4 is 45.4 Å². The Morgan fingerprint density at radius 1 is 1.04 bits per heavy atom. The molecule has 0 saturated carbocycles. The first kappa shape index (κ1) is 18.0. The molecule has 0 bridgehead atoms. The number of fused-ring (bicyclic) bond motifs is 3. The zero-order valence-corrected chi connectivity index (χ0v) is 15.5. The zero-order chi connectivity index (χ0) is 19.5. The van der Waals surface area contributed by atoms with Crippen molar-refractivity contribution in [2.75, 3.05) is 0 Å². The second kappa shape index (κ2) is 7.71. The predicted molar refractivity (Wildman–Crippen MR) is 110 cm³/mol. The van der Waals surface area contributed by atoms with Crippen molar-refractivity contribution in [3.8, 4) is 0 Å². The molecule has 0 aliphatic carbocycles. The van der Waals surface area contributed by atoms with Gasteiger partial charge in [-0.05, 0) is 40.6 Å². The maximum absolute atomic E-state index is 12.1. The molecule has 28 heavy (non-hydrogen) atoms. The van der Waals surface area contributed by atoms with E-state index in [0.717, 1.165) is 21.7 Å². The monoisotopic (exact) mass is 390 g/mol. The summed E-state index contributed by atoms with van der Waals surface area (Å²) in [7, 11) is 0. The van der Waals surface area contributed by atoms with Crippen molar-refractivity contribution in [1.82, 2.24) is 0 Å². The molecule has 1 aromatic heterocycles. The normalized spacial score (nSPS) is 11.3. The molecule has 0 unspecified atom stereocenters. The van der Waals surface area contributed by atoms with Gasteiger partial charge in [0.05, 0.1) is 0 Å². The second-order valence-electron chi connectivity index (χ2n) is 6.25. The smallest absolute Gasteiger partial charge is 0.336 e. The average Bonchev–Trinajstić information content (AvgIpc) is 2.70. The van der Waals surface area contributed by atoms with Gasteiger partial charge in [0.2, 0.25) is 0 Å². The molecular formula is C23H15ClO4. The molecule has 4 aromatic rings. The summed E-state index contributed by atoms with van der Waals surface area (Å²) in [5.41, 5.74) is 1.38. The van der Waals surface area contributed by atoms with Gasteiger partial charge < -0.3 is 9.15 Å². The van der Waals surface area contributed by atoms with Crippen LogP contribution in [0.4, 0.5) is 0 Å². The lowest BCUT2D eigenvalue weighted by Crippen LogP contribution is -2.06. The van der Waals surface area contributed by atoms with Crippen molar-refractivity contribution in [3.63, 3.8) is 0 Å². The van der Waals surface area contributed by atoms with E-state index in [2.05, 4.69) is 0 Å². The molecule has 0 fully saturated rings. The lowest BCUT2D eigenvalue weighted by molar-refractivity contribution is -0.138. The number of benzene rings is 3. The van der Waals surface area contributed by atoms with Crippen LogP contribution >= 0.6 is 11.6 Å². The third-order valence-corrected chi connectivity index (χ3v) is 4.58. The summed E-state index contributed by atoms with van der Waals surface area (Å²) in [4.78, 5) is 24.0. The lowest BCUT2D eigenvalue weighted by atomic mass is 10.0. The molecule has 0 aliphatic rings. The number of carbonyl (C=O) groups excluding carboxylic acids is 1. The van der Waals surface area contributed by atoms with E-state index < -0.39 is 11.6 Å². The first-order valence-electron chi connectivity index (χ1n) is 8.65. The molecule has 1 heterocycles. The summed E-state index contributed by atoms with van der Waals surface area (Å²) in [6, 6.07) is 19.9. The molecule has 0 aliphatic heterocycles. The highest BCUT2D eigenvalue weighted by atomic mass is 35.5. The van der Waals surface area contributed by atoms with E-state index in [0.29, 0.717) is 16.2 Å². The molecule has 0 radical (unpaired) electrons. The molecular weight excluding hydrogens is 376 g/mol. The zero-order valence-electron chi connectivity index (χ0n) is 14.7. The van der Waals surface area contributed by atoms with Crippen LogP contribution in [0.15, 0.2) is 82.0 Å². The largest absolute Gasteiger partial charge is 0.458 e. The Kier molecular flexibility index (Phi) is 4.96. The number of halogens is 1. The van der Waals surface area contributed by atoms with E-state index >= 15 is 0 Å². The van der Waals surface area contributed by atoms with Crippen LogP contribution in [0.5, 0.6) is 0 Å². The second-order valence-corrected chi connectivity index (χ2v) is 6.68. The van der Waals surface area contributed by atoms with E-state index in [9.17, 15) is 9.59 Å². The van der Waals surface area contributed by atoms with Crippen molar-refractivity contribution in [2.45, 2.75) is 6.61 Å². The molecule has 4 nitrogen and oxygen atoms in total. The minimum Gasteiger partial charge on any atom is -0.458 e. The molecule has 3 aromatic carbocycles. The van der Waals surface area contributed by atoms with Crippen LogP contribution in [0, 0.1) is 0 Å². The minimum absolute atomic E-state index is 0.0329. The number of ether oxygens (including phenoxy) is 1. The number of hydrogen-bond acceptors (Lipinski definition) is 4. The highest BCUT2D eigenvalue weighted by Gasteiger charge is 2.11. The van der Waals surface area contributed by atoms with Crippen LogP contribution in [-0.2, 0) is 16.1 Å². The molecule has 138 valence electrons. The quantitative estimate of drug-likeness (QED) is 0.204. The SMILES string of the molecule is O=C(C=Cc1cccc(Cl)c1)OCc1cc(=O)oc2ccc3ccccc3c12. The molecule has 4 rings (SSSR count). The third kappa shape index (κ3) is 3.82. The Labute approximate surface area is 165 Å². The van der Waals surface area contributed by atoms with Gasteiger partial charge in [-0.2, -0.15) is 0 Å². The Morgan fingerprint density at radius 3 is 2.75 bits per heavy atom. The van der Waals surface area contributed by atoms with Crippen LogP contribution in [0.1, 0.15) is 11.1 Å². The van der Waals surface area contributed by atoms with Gasteiger partial charge in [-0.3, -0.25) is 0 Å². The summed E-state index contributed by atoms with van der Waals surface area (Å²) < 4.78 is 10.7. The van der Waals surface area contributed by atoms with Gasteiger partial charge in [0.25, 0.3) is 0 Å². The fourth-order valence-electron chi connectivity index (χ4n) is 3.11. The third-order valence-electron chi connectivity index (χ3n) is 4.35. The molecule has 5 heteroatoms. The van der Waals surface area contributed by atoms with Gasteiger partial charge >= 0.3 is 11.6 Å². The fourth-order valence-corrected chi connectivity index (χ4v) is 3.30. The fraction of sp³-hybridized carbons (Fsp3) is 0.0435. The van der Waals surface area contributed by atoms with E-state index in [-0.39, 0.29) is 6.61 Å². The number of rotatable bonds is 4. The van der Waals surface area contributed by atoms with Gasteiger partial charge in [-0.15, -0.1) is 0 Å². The van der Waals surface area contributed by atoms with Crippen LogP contribution in [-0.4, -0.2) is 5.97 Å². The summed E-state index contributed by atoms with van der Waals surface area (Å²) in [5.74, 6) is -0.512. The van der Waals surface area contributed by atoms with Crippen LogP contribution in [0.3, 0.4) is 0 Å². The maximum atomic E-state index is 12.1. The van der Waals surface area contributed by atoms with Crippen LogP contribution < -0.4 is 5.63 Å². The summed E-state index contributed by atoms with van der Waals surface area (Å²) in [6.07, 6.45) is 2.96. The standard InChI is InChI=1S/C23H15ClO4/c24-18-6-3-4-15(12-18)8-11-21(25)27-14-17-13-22(26)28-20-10-9-16-5-1-2-7-19(16)23(17)20/h1-13H,14H2. The van der Waals surface area contributed by atoms with Gasteiger partial charge in [0, 0.05) is 28.1 Å². The van der Waals surface area contributed by atoms with E-state index in [4.69, 9.17) is 20.8 Å². The Bertz CT molecular complexity index is 1270. The molecule has 0 N–H and O–H groups in total. The van der Waals surface area contributed by atoms with E-state index in [1.807, 2.05) is 36.4 Å². The predicted octanol–water partition coefficient (Wildman–Crippen LogP) is 5.36. The van der Waals surface area contributed by atoms with Crippen molar-refractivity contribution < 1.29 is 13.9 Å². The summed E-state index contributed by atoms with van der Waals surface area (Å²) in [6.45, 7) is -0.0329. The first-order valence-corrected chi connectivity index (χ1v) is 9.03. The molecule has 0 spiro atoms. The summed E-state index contributed by atoms with van der Waals surface area (Å²) in [5, 5.41) is 3.30. The van der Waals surface area contributed by atoms with Crippen molar-refractivity contribution in [1.29, 1.82) is 0 Å². The highest BCUT2D eigenvalue weighted by Crippen LogP contribution is 2.27. The average molecular weight is 391 g/mol. The van der Waals surface area contributed by atoms with Crippen LogP contribution in [0.2, 0.25) is 5.02 Å². The molecule has 0 atom stereocenters. The number of hydrogen-bond donors (Lipinski definition) is 0. The molecule has 0 saturated heterocycles.